The van der Waals surface area contributed by atoms with Crippen LogP contribution in [0.5, 0.6) is 0 Å². The molecule has 1 saturated carbocycles. The normalized spacial score (nSPS) is 32.0. The molecular formula is C10H18. The van der Waals surface area contributed by atoms with Crippen molar-refractivity contribution in [2.45, 2.75) is 39.5 Å². The highest BCUT2D eigenvalue weighted by atomic mass is 14.2. The van der Waals surface area contributed by atoms with Gasteiger partial charge in [-0.15, -0.1) is 12.8 Å². The minimum atomic E-state index is 1.02. The van der Waals surface area contributed by atoms with Crippen LogP contribution in [0.25, 0.3) is 0 Å². The van der Waals surface area contributed by atoms with Crippen LogP contribution in [0.2, 0.25) is 0 Å². The van der Waals surface area contributed by atoms with E-state index in [1.54, 1.807) is 0 Å². The first-order valence-corrected chi connectivity index (χ1v) is 4.12. The van der Waals surface area contributed by atoms with Crippen molar-refractivity contribution < 1.29 is 0 Å². The first-order chi connectivity index (χ1) is 4.79. The van der Waals surface area contributed by atoms with Crippen LogP contribution >= 0.6 is 0 Å². The molecule has 0 aliphatic heterocycles. The van der Waals surface area contributed by atoms with Crippen LogP contribution in [-0.4, -0.2) is 0 Å². The van der Waals surface area contributed by atoms with E-state index in [0.717, 1.165) is 11.8 Å². The molecule has 0 unspecified atom stereocenters. The first-order valence-electron chi connectivity index (χ1n) is 4.12. The lowest BCUT2D eigenvalue weighted by atomic mass is 9.84. The van der Waals surface area contributed by atoms with Gasteiger partial charge in [-0.2, -0.15) is 0 Å². The average molecular weight is 138 g/mol. The minimum Gasteiger partial charge on any atom is -0.124 e. The number of hydrogen-bond acceptors (Lipinski definition) is 0. The topological polar surface area (TPSA) is 0 Å². The quantitative estimate of drug-likeness (QED) is 0.451. The summed E-state index contributed by atoms with van der Waals surface area (Å²) in [6, 6.07) is 0. The highest BCUT2D eigenvalue weighted by molar-refractivity contribution is 4.65. The van der Waals surface area contributed by atoms with Crippen molar-refractivity contribution in [1.29, 1.82) is 0 Å². The second-order valence-electron chi connectivity index (χ2n) is 3.37. The van der Waals surface area contributed by atoms with Gasteiger partial charge < -0.3 is 0 Å². The van der Waals surface area contributed by atoms with E-state index in [-0.39, 0.29) is 0 Å². The molecule has 58 valence electrons. The van der Waals surface area contributed by atoms with Crippen molar-refractivity contribution in [1.82, 2.24) is 0 Å². The molecule has 1 aliphatic rings. The third-order valence-corrected chi connectivity index (χ3v) is 2.30. The fourth-order valence-corrected chi connectivity index (χ4v) is 1.43. The Labute approximate surface area is 65.0 Å². The van der Waals surface area contributed by atoms with E-state index < -0.39 is 0 Å². The highest BCUT2D eigenvalue weighted by Crippen LogP contribution is 2.27. The second-order valence-corrected chi connectivity index (χ2v) is 3.37. The Morgan fingerprint density at radius 2 is 1.00 bits per heavy atom. The standard InChI is InChI=1S/C8H16.C2H2/c1-7-3-5-8(2)6-4-7;1-2/h7-8H,3-6H2,1-2H3;1-2H. The van der Waals surface area contributed by atoms with Gasteiger partial charge in [-0.25, -0.2) is 0 Å². The zero-order chi connectivity index (χ0) is 7.98. The highest BCUT2D eigenvalue weighted by Gasteiger charge is 2.13. The van der Waals surface area contributed by atoms with Gasteiger partial charge in [-0.1, -0.05) is 39.5 Å². The third-order valence-electron chi connectivity index (χ3n) is 2.30. The molecule has 0 amide bonds. The van der Waals surface area contributed by atoms with E-state index in [0.29, 0.717) is 0 Å². The maximum absolute atomic E-state index is 4.00. The molecule has 0 bridgehead atoms. The summed E-state index contributed by atoms with van der Waals surface area (Å²) in [6.07, 6.45) is 13.9. The maximum Gasteiger partial charge on any atom is -0.0443 e. The number of rotatable bonds is 0. The van der Waals surface area contributed by atoms with Crippen molar-refractivity contribution in [3.8, 4) is 12.8 Å². The van der Waals surface area contributed by atoms with Gasteiger partial charge in [0.15, 0.2) is 0 Å². The van der Waals surface area contributed by atoms with Gasteiger partial charge in [0, 0.05) is 0 Å². The Morgan fingerprint density at radius 1 is 0.800 bits per heavy atom. The van der Waals surface area contributed by atoms with E-state index in [9.17, 15) is 0 Å². The van der Waals surface area contributed by atoms with Gasteiger partial charge in [-0.05, 0) is 11.8 Å². The summed E-state index contributed by atoms with van der Waals surface area (Å²) in [5.74, 6) is 2.04. The summed E-state index contributed by atoms with van der Waals surface area (Å²) in [5, 5.41) is 0. The van der Waals surface area contributed by atoms with Crippen LogP contribution in [0, 0.1) is 24.7 Å². The Bertz CT molecular complexity index is 73.5. The fraction of sp³-hybridized carbons (Fsp3) is 0.800. The molecule has 1 rings (SSSR count). The SMILES string of the molecule is C#C.CC1CCC(C)CC1. The monoisotopic (exact) mass is 138 g/mol. The Kier molecular flexibility index (Phi) is 5.12. The largest absolute Gasteiger partial charge is 0.124 e. The molecule has 1 aliphatic carbocycles. The van der Waals surface area contributed by atoms with Crippen LogP contribution in [0.3, 0.4) is 0 Å². The lowest BCUT2D eigenvalue weighted by Gasteiger charge is -2.22. The Balaban J connectivity index is 0.000000371. The zero-order valence-electron chi connectivity index (χ0n) is 7.14. The van der Waals surface area contributed by atoms with E-state index in [4.69, 9.17) is 0 Å². The predicted octanol–water partition coefficient (Wildman–Crippen LogP) is 3.08. The van der Waals surface area contributed by atoms with Crippen LogP contribution in [0.4, 0.5) is 0 Å². The summed E-state index contributed by atoms with van der Waals surface area (Å²) in [5.41, 5.74) is 0. The van der Waals surface area contributed by atoms with Gasteiger partial charge in [0.2, 0.25) is 0 Å². The van der Waals surface area contributed by atoms with E-state index in [2.05, 4.69) is 26.7 Å². The lowest BCUT2D eigenvalue weighted by Crippen LogP contribution is -2.08. The van der Waals surface area contributed by atoms with Gasteiger partial charge in [-0.3, -0.25) is 0 Å². The van der Waals surface area contributed by atoms with Gasteiger partial charge in [0.1, 0.15) is 0 Å². The van der Waals surface area contributed by atoms with Crippen LogP contribution in [-0.2, 0) is 0 Å². The molecule has 0 atom stereocenters. The van der Waals surface area contributed by atoms with E-state index in [1.807, 2.05) is 0 Å². The zero-order valence-corrected chi connectivity index (χ0v) is 7.14. The predicted molar refractivity (Wildman–Crippen MR) is 46.7 cm³/mol. The number of terminal acetylenes is 1. The van der Waals surface area contributed by atoms with Crippen LogP contribution < -0.4 is 0 Å². The lowest BCUT2D eigenvalue weighted by molar-refractivity contribution is 0.308. The summed E-state index contributed by atoms with van der Waals surface area (Å²) >= 11 is 0. The third kappa shape index (κ3) is 3.56. The molecule has 0 saturated heterocycles. The first kappa shape index (κ1) is 9.56. The number of hydrogen-bond donors (Lipinski definition) is 0. The molecule has 0 radical (unpaired) electrons. The van der Waals surface area contributed by atoms with Crippen molar-refractivity contribution in [3.05, 3.63) is 0 Å². The van der Waals surface area contributed by atoms with Crippen LogP contribution in [0.15, 0.2) is 0 Å². The van der Waals surface area contributed by atoms with Crippen LogP contribution in [0.1, 0.15) is 39.5 Å². The molecule has 0 heterocycles. The molecule has 0 nitrogen and oxygen atoms in total. The summed E-state index contributed by atoms with van der Waals surface area (Å²) < 4.78 is 0. The second kappa shape index (κ2) is 5.35. The van der Waals surface area contributed by atoms with Crippen molar-refractivity contribution >= 4 is 0 Å². The van der Waals surface area contributed by atoms with Crippen molar-refractivity contribution in [2.24, 2.45) is 11.8 Å². The average Bonchev–Trinajstić information content (AvgIpc) is 2.00. The molecular weight excluding hydrogens is 120 g/mol. The fourth-order valence-electron chi connectivity index (χ4n) is 1.43. The summed E-state index contributed by atoms with van der Waals surface area (Å²) in [6.45, 7) is 4.73. The van der Waals surface area contributed by atoms with Gasteiger partial charge >= 0.3 is 0 Å². The molecule has 0 spiro atoms. The smallest absolute Gasteiger partial charge is 0.0443 e. The molecule has 0 aromatic heterocycles. The molecule has 0 heteroatoms. The van der Waals surface area contributed by atoms with Gasteiger partial charge in [0.05, 0.1) is 0 Å². The molecule has 0 N–H and O–H groups in total. The maximum atomic E-state index is 4.00. The minimum absolute atomic E-state index is 1.02. The Hall–Kier alpha value is -0.440. The van der Waals surface area contributed by atoms with Gasteiger partial charge in [0.25, 0.3) is 0 Å². The molecule has 0 aromatic rings. The van der Waals surface area contributed by atoms with E-state index >= 15 is 0 Å². The summed E-state index contributed by atoms with van der Waals surface area (Å²) in [4.78, 5) is 0. The van der Waals surface area contributed by atoms with Crippen molar-refractivity contribution in [2.75, 3.05) is 0 Å². The summed E-state index contributed by atoms with van der Waals surface area (Å²) in [7, 11) is 0. The van der Waals surface area contributed by atoms with Crippen molar-refractivity contribution in [3.63, 3.8) is 0 Å². The molecule has 10 heavy (non-hydrogen) atoms. The molecule has 1 fully saturated rings. The molecule has 0 aromatic carbocycles. The Morgan fingerprint density at radius 3 is 1.20 bits per heavy atom. The van der Waals surface area contributed by atoms with E-state index in [1.165, 1.54) is 25.7 Å².